The average molecular weight is 317 g/mol. The molecule has 1 aliphatic heterocycles. The number of likely N-dealkylation sites (tertiary alicyclic amines) is 1. The molecule has 0 aliphatic carbocycles. The molecule has 0 radical (unpaired) electrons. The van der Waals surface area contributed by atoms with Gasteiger partial charge >= 0.3 is 0 Å². The first-order valence-corrected chi connectivity index (χ1v) is 6.95. The van der Waals surface area contributed by atoms with Gasteiger partial charge in [-0.3, -0.25) is 14.9 Å². The summed E-state index contributed by atoms with van der Waals surface area (Å²) < 4.78 is 0. The van der Waals surface area contributed by atoms with Crippen LogP contribution in [0.15, 0.2) is 12.1 Å². The maximum absolute atomic E-state index is 12.5. The third-order valence-corrected chi connectivity index (χ3v) is 4.39. The number of carbonyl (C=O) groups excluding carboxylic acids is 1. The highest BCUT2D eigenvalue weighted by Crippen LogP contribution is 2.35. The van der Waals surface area contributed by atoms with Crippen LogP contribution in [0.25, 0.3) is 0 Å². The van der Waals surface area contributed by atoms with Crippen molar-refractivity contribution in [1.29, 1.82) is 0 Å². The molecule has 2 rings (SSSR count). The molecule has 1 aromatic rings. The molecule has 108 valence electrons. The number of rotatable bonds is 2. The summed E-state index contributed by atoms with van der Waals surface area (Å²) in [5, 5.41) is 10.8. The lowest BCUT2D eigenvalue weighted by molar-refractivity contribution is -0.384. The maximum atomic E-state index is 12.5. The van der Waals surface area contributed by atoms with Crippen LogP contribution < -0.4 is 0 Å². The molecule has 0 bridgehead atoms. The van der Waals surface area contributed by atoms with E-state index in [4.69, 9.17) is 23.2 Å². The van der Waals surface area contributed by atoms with Crippen LogP contribution in [0.1, 0.15) is 37.0 Å². The Morgan fingerprint density at radius 3 is 2.55 bits per heavy atom. The zero-order valence-electron chi connectivity index (χ0n) is 11.2. The van der Waals surface area contributed by atoms with Crippen molar-refractivity contribution in [2.45, 2.75) is 32.2 Å². The summed E-state index contributed by atoms with van der Waals surface area (Å²) in [6, 6.07) is 2.57. The fourth-order valence-electron chi connectivity index (χ4n) is 2.47. The van der Waals surface area contributed by atoms with Crippen molar-refractivity contribution in [2.75, 3.05) is 6.54 Å². The number of hydrogen-bond donors (Lipinski definition) is 0. The quantitative estimate of drug-likeness (QED) is 0.613. The van der Waals surface area contributed by atoms with E-state index >= 15 is 0 Å². The van der Waals surface area contributed by atoms with E-state index in [2.05, 4.69) is 0 Å². The standard InChI is InChI=1S/C13H14Cl2N2O3/c1-13(2)4-3-5-16(13)12(18)8-6-9(14)11(15)10(7-8)17(19)20/h6-7H,3-5H2,1-2H3. The van der Waals surface area contributed by atoms with Gasteiger partial charge in [0.1, 0.15) is 5.02 Å². The number of benzene rings is 1. The number of nitro benzene ring substituents is 1. The minimum atomic E-state index is -0.639. The van der Waals surface area contributed by atoms with E-state index in [1.54, 1.807) is 4.90 Å². The van der Waals surface area contributed by atoms with Gasteiger partial charge in [0.05, 0.1) is 9.95 Å². The Bertz CT molecular complexity index is 587. The summed E-state index contributed by atoms with van der Waals surface area (Å²) in [6.45, 7) is 4.59. The molecule has 0 atom stereocenters. The molecule has 1 aliphatic rings. The molecule has 1 fully saturated rings. The van der Waals surface area contributed by atoms with Crippen LogP contribution in [0, 0.1) is 10.1 Å². The van der Waals surface area contributed by atoms with E-state index in [0.717, 1.165) is 12.8 Å². The van der Waals surface area contributed by atoms with E-state index in [9.17, 15) is 14.9 Å². The van der Waals surface area contributed by atoms with Crippen molar-refractivity contribution < 1.29 is 9.72 Å². The molecule has 20 heavy (non-hydrogen) atoms. The maximum Gasteiger partial charge on any atom is 0.290 e. The topological polar surface area (TPSA) is 63.5 Å². The predicted octanol–water partition coefficient (Wildman–Crippen LogP) is 3.92. The molecule has 7 heteroatoms. The van der Waals surface area contributed by atoms with Crippen molar-refractivity contribution in [3.05, 3.63) is 37.9 Å². The summed E-state index contributed by atoms with van der Waals surface area (Å²) in [6.07, 6.45) is 1.82. The Balaban J connectivity index is 2.43. The van der Waals surface area contributed by atoms with Gasteiger partial charge in [0.25, 0.3) is 11.6 Å². The molecule has 1 amide bonds. The second-order valence-corrected chi connectivity index (χ2v) is 6.21. The first kappa shape index (κ1) is 15.1. The third kappa shape index (κ3) is 2.60. The number of carbonyl (C=O) groups is 1. The molecular formula is C13H14Cl2N2O3. The van der Waals surface area contributed by atoms with Crippen LogP contribution in [0.5, 0.6) is 0 Å². The number of nitrogens with zero attached hydrogens (tertiary/aromatic N) is 2. The summed E-state index contributed by atoms with van der Waals surface area (Å²) in [5.41, 5.74) is -0.404. The molecule has 0 unspecified atom stereocenters. The molecule has 0 saturated carbocycles. The van der Waals surface area contributed by atoms with Crippen LogP contribution in [-0.2, 0) is 0 Å². The minimum Gasteiger partial charge on any atom is -0.334 e. The van der Waals surface area contributed by atoms with E-state index in [-0.39, 0.29) is 32.7 Å². The zero-order valence-corrected chi connectivity index (χ0v) is 12.7. The fourth-order valence-corrected chi connectivity index (χ4v) is 2.86. The van der Waals surface area contributed by atoms with Crippen molar-refractivity contribution in [3.8, 4) is 0 Å². The Morgan fingerprint density at radius 1 is 1.40 bits per heavy atom. The van der Waals surface area contributed by atoms with Crippen molar-refractivity contribution in [1.82, 2.24) is 4.90 Å². The Morgan fingerprint density at radius 2 is 2.05 bits per heavy atom. The average Bonchev–Trinajstić information content (AvgIpc) is 2.70. The lowest BCUT2D eigenvalue weighted by Crippen LogP contribution is -2.42. The number of nitro groups is 1. The van der Waals surface area contributed by atoms with Crippen LogP contribution >= 0.6 is 23.2 Å². The smallest absolute Gasteiger partial charge is 0.290 e. The lowest BCUT2D eigenvalue weighted by Gasteiger charge is -2.31. The van der Waals surface area contributed by atoms with Gasteiger partial charge in [0, 0.05) is 23.7 Å². The van der Waals surface area contributed by atoms with Gasteiger partial charge < -0.3 is 4.90 Å². The zero-order chi connectivity index (χ0) is 15.1. The van der Waals surface area contributed by atoms with Gasteiger partial charge in [0.2, 0.25) is 0 Å². The molecular weight excluding hydrogens is 303 g/mol. The van der Waals surface area contributed by atoms with Crippen LogP contribution in [0.4, 0.5) is 5.69 Å². The monoisotopic (exact) mass is 316 g/mol. The molecule has 0 aromatic heterocycles. The van der Waals surface area contributed by atoms with Gasteiger partial charge in [-0.2, -0.15) is 0 Å². The number of amides is 1. The minimum absolute atomic E-state index is 0.0150. The SMILES string of the molecule is CC1(C)CCCN1C(=O)c1cc(Cl)c(Cl)c([N+](=O)[O-])c1. The second-order valence-electron chi connectivity index (χ2n) is 5.42. The summed E-state index contributed by atoms with van der Waals surface area (Å²) in [7, 11) is 0. The van der Waals surface area contributed by atoms with Gasteiger partial charge in [-0.05, 0) is 32.8 Å². The van der Waals surface area contributed by atoms with Gasteiger partial charge in [0.15, 0.2) is 0 Å². The van der Waals surface area contributed by atoms with Crippen molar-refractivity contribution >= 4 is 34.8 Å². The molecule has 0 spiro atoms. The highest BCUT2D eigenvalue weighted by molar-refractivity contribution is 6.43. The lowest BCUT2D eigenvalue weighted by atomic mass is 10.0. The van der Waals surface area contributed by atoms with Gasteiger partial charge in [-0.25, -0.2) is 0 Å². The Hall–Kier alpha value is -1.33. The molecule has 0 N–H and O–H groups in total. The fraction of sp³-hybridized carbons (Fsp3) is 0.462. The van der Waals surface area contributed by atoms with E-state index in [1.165, 1.54) is 12.1 Å². The van der Waals surface area contributed by atoms with E-state index in [0.29, 0.717) is 6.54 Å². The van der Waals surface area contributed by atoms with Crippen molar-refractivity contribution in [3.63, 3.8) is 0 Å². The molecule has 5 nitrogen and oxygen atoms in total. The van der Waals surface area contributed by atoms with Crippen LogP contribution in [0.3, 0.4) is 0 Å². The highest BCUT2D eigenvalue weighted by Gasteiger charge is 2.36. The highest BCUT2D eigenvalue weighted by atomic mass is 35.5. The van der Waals surface area contributed by atoms with E-state index < -0.39 is 4.92 Å². The van der Waals surface area contributed by atoms with Gasteiger partial charge in [-0.1, -0.05) is 23.2 Å². The van der Waals surface area contributed by atoms with Crippen LogP contribution in [0.2, 0.25) is 10.0 Å². The predicted molar refractivity (Wildman–Crippen MR) is 77.5 cm³/mol. The summed E-state index contributed by atoms with van der Waals surface area (Å²) in [4.78, 5) is 24.5. The first-order chi connectivity index (χ1) is 9.24. The van der Waals surface area contributed by atoms with Gasteiger partial charge in [-0.15, -0.1) is 0 Å². The molecule has 1 aromatic carbocycles. The second kappa shape index (κ2) is 5.22. The van der Waals surface area contributed by atoms with Crippen molar-refractivity contribution in [2.24, 2.45) is 0 Å². The molecule has 1 heterocycles. The van der Waals surface area contributed by atoms with E-state index in [1.807, 2.05) is 13.8 Å². The normalized spacial score (nSPS) is 17.3. The summed E-state index contributed by atoms with van der Waals surface area (Å²) >= 11 is 11.7. The van der Waals surface area contributed by atoms with Crippen LogP contribution in [-0.4, -0.2) is 27.8 Å². The molecule has 1 saturated heterocycles. The largest absolute Gasteiger partial charge is 0.334 e. The Labute approximate surface area is 126 Å². The Kier molecular flexibility index (Phi) is 3.93. The number of halogens is 2. The first-order valence-electron chi connectivity index (χ1n) is 6.19. The summed E-state index contributed by atoms with van der Waals surface area (Å²) in [5.74, 6) is -0.255. The third-order valence-electron chi connectivity index (χ3n) is 3.60. The number of hydrogen-bond acceptors (Lipinski definition) is 3.